The summed E-state index contributed by atoms with van der Waals surface area (Å²) in [5, 5.41) is 4.05. The Morgan fingerprint density at radius 3 is 2.45 bits per heavy atom. The van der Waals surface area contributed by atoms with Gasteiger partial charge in [-0.05, 0) is 20.8 Å². The van der Waals surface area contributed by atoms with E-state index >= 15 is 0 Å². The van der Waals surface area contributed by atoms with Crippen LogP contribution in [0.3, 0.4) is 0 Å². The summed E-state index contributed by atoms with van der Waals surface area (Å²) < 4.78 is 17.0. The summed E-state index contributed by atoms with van der Waals surface area (Å²) in [7, 11) is 0. The van der Waals surface area contributed by atoms with E-state index in [1.54, 1.807) is 6.92 Å². The summed E-state index contributed by atoms with van der Waals surface area (Å²) in [4.78, 5) is 22.6. The molecule has 0 saturated carbocycles. The van der Waals surface area contributed by atoms with E-state index in [1.165, 1.54) is 10.7 Å². The maximum atomic E-state index is 11.6. The first kappa shape index (κ1) is 16.3. The molecule has 0 amide bonds. The van der Waals surface area contributed by atoms with Crippen molar-refractivity contribution in [3.63, 3.8) is 0 Å². The minimum Gasteiger partial charge on any atom is -0.461 e. The van der Waals surface area contributed by atoms with Crippen molar-refractivity contribution in [2.24, 2.45) is 0 Å². The number of hydrogen-bond donors (Lipinski definition) is 0. The minimum absolute atomic E-state index is 0.0979. The van der Waals surface area contributed by atoms with E-state index in [0.717, 1.165) is 0 Å². The highest BCUT2D eigenvalue weighted by molar-refractivity contribution is 5.89. The van der Waals surface area contributed by atoms with Gasteiger partial charge in [0, 0.05) is 19.3 Å². The Hall–Kier alpha value is -1.73. The Bertz CT molecular complexity index is 438. The van der Waals surface area contributed by atoms with Gasteiger partial charge in [0.15, 0.2) is 18.3 Å². The first-order valence-corrected chi connectivity index (χ1v) is 6.59. The van der Waals surface area contributed by atoms with Gasteiger partial charge in [0.1, 0.15) is 5.69 Å². The van der Waals surface area contributed by atoms with Crippen molar-refractivity contribution in [3.05, 3.63) is 17.5 Å². The van der Waals surface area contributed by atoms with Crippen LogP contribution in [0.2, 0.25) is 0 Å². The topological polar surface area (TPSA) is 79.7 Å². The lowest BCUT2D eigenvalue weighted by Crippen LogP contribution is -2.25. The number of aromatic nitrogens is 2. The summed E-state index contributed by atoms with van der Waals surface area (Å²) in [6.45, 7) is 6.84. The Morgan fingerprint density at radius 2 is 1.95 bits per heavy atom. The summed E-state index contributed by atoms with van der Waals surface area (Å²) in [5.41, 5.74) is 0.373. The van der Waals surface area contributed by atoms with Crippen molar-refractivity contribution >= 4 is 12.3 Å². The lowest BCUT2D eigenvalue weighted by Gasteiger charge is -2.17. The molecule has 1 heterocycles. The number of ether oxygens (including phenoxy) is 3. The van der Waals surface area contributed by atoms with Gasteiger partial charge in [-0.15, -0.1) is 0 Å². The van der Waals surface area contributed by atoms with E-state index < -0.39 is 12.3 Å². The average Bonchev–Trinajstić information content (AvgIpc) is 2.83. The highest BCUT2D eigenvalue weighted by Gasteiger charge is 2.18. The molecule has 0 aliphatic heterocycles. The number of rotatable bonds is 9. The van der Waals surface area contributed by atoms with Crippen molar-refractivity contribution < 1.29 is 23.8 Å². The Labute approximate surface area is 117 Å². The number of carbonyl (C=O) groups is 2. The molecule has 20 heavy (non-hydrogen) atoms. The first-order valence-electron chi connectivity index (χ1n) is 6.59. The van der Waals surface area contributed by atoms with Crippen molar-refractivity contribution in [2.75, 3.05) is 19.8 Å². The molecule has 7 nitrogen and oxygen atoms in total. The van der Waals surface area contributed by atoms with Crippen LogP contribution in [0.5, 0.6) is 0 Å². The zero-order valence-electron chi connectivity index (χ0n) is 12.0. The van der Waals surface area contributed by atoms with E-state index in [0.29, 0.717) is 19.5 Å². The summed E-state index contributed by atoms with van der Waals surface area (Å²) in [5.74, 6) is -0.557. The van der Waals surface area contributed by atoms with Crippen LogP contribution in [-0.4, -0.2) is 48.1 Å². The molecule has 0 aliphatic rings. The van der Waals surface area contributed by atoms with Gasteiger partial charge >= 0.3 is 5.97 Å². The molecule has 1 aromatic heterocycles. The monoisotopic (exact) mass is 284 g/mol. The number of aldehydes is 1. The summed E-state index contributed by atoms with van der Waals surface area (Å²) in [6.07, 6.45) is 0.114. The van der Waals surface area contributed by atoms with Crippen LogP contribution in [-0.2, 0) is 20.8 Å². The zero-order valence-corrected chi connectivity index (χ0v) is 12.0. The predicted molar refractivity (Wildman–Crippen MR) is 70.6 cm³/mol. The maximum Gasteiger partial charge on any atom is 0.358 e. The molecule has 0 unspecified atom stereocenters. The molecule has 0 N–H and O–H groups in total. The quantitative estimate of drug-likeness (QED) is 0.386. The van der Waals surface area contributed by atoms with Gasteiger partial charge in [0.05, 0.1) is 13.2 Å². The van der Waals surface area contributed by atoms with Gasteiger partial charge in [-0.25, -0.2) is 4.79 Å². The second-order valence-corrected chi connectivity index (χ2v) is 3.82. The fourth-order valence-corrected chi connectivity index (χ4v) is 1.64. The van der Waals surface area contributed by atoms with E-state index in [9.17, 15) is 9.59 Å². The molecule has 0 radical (unpaired) electrons. The SMILES string of the molecule is CCOC(=O)c1cc(C=O)n(CC(OCC)OCC)n1. The third-order valence-corrected chi connectivity index (χ3v) is 2.44. The molecule has 0 aromatic carbocycles. The van der Waals surface area contributed by atoms with Crippen LogP contribution in [0.25, 0.3) is 0 Å². The second-order valence-electron chi connectivity index (χ2n) is 3.82. The standard InChI is InChI=1S/C13H20N2O5/c1-4-18-12(19-5-2)8-15-10(9-16)7-11(14-15)13(17)20-6-3/h7,9,12H,4-6,8H2,1-3H3. The lowest BCUT2D eigenvalue weighted by atomic mass is 10.3. The fraction of sp³-hybridized carbons (Fsp3) is 0.615. The molecule has 1 aromatic rings. The number of nitrogens with zero attached hydrogens (tertiary/aromatic N) is 2. The van der Waals surface area contributed by atoms with Gasteiger partial charge in [-0.3, -0.25) is 9.48 Å². The summed E-state index contributed by atoms with van der Waals surface area (Å²) in [6, 6.07) is 1.39. The van der Waals surface area contributed by atoms with Crippen LogP contribution in [0, 0.1) is 0 Å². The normalized spacial score (nSPS) is 10.8. The Balaban J connectivity index is 2.87. The molecule has 0 atom stereocenters. The highest BCUT2D eigenvalue weighted by atomic mass is 16.7. The predicted octanol–water partition coefficient (Wildman–Crippen LogP) is 1.27. The fourth-order valence-electron chi connectivity index (χ4n) is 1.64. The van der Waals surface area contributed by atoms with Gasteiger partial charge in [-0.2, -0.15) is 5.10 Å². The van der Waals surface area contributed by atoms with Crippen LogP contribution in [0.1, 0.15) is 41.7 Å². The van der Waals surface area contributed by atoms with Gasteiger partial charge < -0.3 is 14.2 Å². The first-order chi connectivity index (χ1) is 9.65. The van der Waals surface area contributed by atoms with Gasteiger partial charge in [0.2, 0.25) is 0 Å². The van der Waals surface area contributed by atoms with Crippen LogP contribution in [0.4, 0.5) is 0 Å². The third-order valence-electron chi connectivity index (χ3n) is 2.44. The molecule has 0 spiro atoms. The number of carbonyl (C=O) groups excluding carboxylic acids is 2. The molecule has 1 rings (SSSR count). The van der Waals surface area contributed by atoms with E-state index in [2.05, 4.69) is 5.10 Å². The molecule has 0 aliphatic carbocycles. The molecule has 0 bridgehead atoms. The van der Waals surface area contributed by atoms with Crippen LogP contribution >= 0.6 is 0 Å². The lowest BCUT2D eigenvalue weighted by molar-refractivity contribution is -0.145. The van der Waals surface area contributed by atoms with Gasteiger partial charge in [-0.1, -0.05) is 0 Å². The van der Waals surface area contributed by atoms with Crippen molar-refractivity contribution in [1.29, 1.82) is 0 Å². The summed E-state index contributed by atoms with van der Waals surface area (Å²) >= 11 is 0. The van der Waals surface area contributed by atoms with Crippen molar-refractivity contribution in [2.45, 2.75) is 33.6 Å². The molecular formula is C13H20N2O5. The van der Waals surface area contributed by atoms with Crippen molar-refractivity contribution in [3.8, 4) is 0 Å². The largest absolute Gasteiger partial charge is 0.461 e. The smallest absolute Gasteiger partial charge is 0.358 e. The number of hydrogen-bond acceptors (Lipinski definition) is 6. The minimum atomic E-state index is -0.557. The van der Waals surface area contributed by atoms with E-state index in [-0.39, 0.29) is 24.5 Å². The molecule has 0 saturated heterocycles. The average molecular weight is 284 g/mol. The Morgan fingerprint density at radius 1 is 1.30 bits per heavy atom. The van der Waals surface area contributed by atoms with Gasteiger partial charge in [0.25, 0.3) is 0 Å². The zero-order chi connectivity index (χ0) is 15.0. The molecule has 0 fully saturated rings. The number of esters is 1. The molecule has 112 valence electrons. The van der Waals surface area contributed by atoms with Crippen molar-refractivity contribution in [1.82, 2.24) is 9.78 Å². The molecular weight excluding hydrogens is 264 g/mol. The Kier molecular flexibility index (Phi) is 6.89. The second kappa shape index (κ2) is 8.44. The highest BCUT2D eigenvalue weighted by Crippen LogP contribution is 2.08. The van der Waals surface area contributed by atoms with E-state index in [4.69, 9.17) is 14.2 Å². The molecule has 7 heteroatoms. The third kappa shape index (κ3) is 4.43. The van der Waals surface area contributed by atoms with Crippen LogP contribution in [0.15, 0.2) is 6.07 Å². The van der Waals surface area contributed by atoms with E-state index in [1.807, 2.05) is 13.8 Å². The van der Waals surface area contributed by atoms with Crippen LogP contribution < -0.4 is 0 Å². The maximum absolute atomic E-state index is 11.6.